The Morgan fingerprint density at radius 3 is 2.36 bits per heavy atom. The number of likely N-dealkylation sites (tertiary alicyclic amines) is 1. The fraction of sp³-hybridized carbons (Fsp3) is 0.737. The first-order valence-corrected chi connectivity index (χ1v) is 18.4. The predicted octanol–water partition coefficient (Wildman–Crippen LogP) is 5.55. The fourth-order valence-electron chi connectivity index (χ4n) is 6.62. The van der Waals surface area contributed by atoms with E-state index in [-0.39, 0.29) is 55.4 Å². The molecule has 280 valence electrons. The molecule has 4 rings (SSSR count). The molecule has 0 spiro atoms. The Bertz CT molecular complexity index is 1370. The van der Waals surface area contributed by atoms with Gasteiger partial charge in [-0.3, -0.25) is 14.4 Å². The third-order valence-corrected chi connectivity index (χ3v) is 9.00. The van der Waals surface area contributed by atoms with E-state index in [2.05, 4.69) is 19.2 Å². The largest absolute Gasteiger partial charge is 0.476 e. The van der Waals surface area contributed by atoms with Crippen molar-refractivity contribution in [2.24, 2.45) is 17.8 Å². The highest BCUT2D eigenvalue weighted by molar-refractivity contribution is 6.04. The van der Waals surface area contributed by atoms with Gasteiger partial charge >= 0.3 is 6.09 Å². The van der Waals surface area contributed by atoms with E-state index in [4.69, 9.17) is 18.9 Å². The van der Waals surface area contributed by atoms with E-state index in [0.29, 0.717) is 49.4 Å². The molecule has 12 heteroatoms. The molecule has 0 radical (unpaired) electrons. The van der Waals surface area contributed by atoms with Crippen molar-refractivity contribution in [1.29, 1.82) is 0 Å². The van der Waals surface area contributed by atoms with Crippen LogP contribution in [0.1, 0.15) is 94.9 Å². The zero-order valence-electron chi connectivity index (χ0n) is 31.9. The Morgan fingerprint density at radius 1 is 1.08 bits per heavy atom. The van der Waals surface area contributed by atoms with Gasteiger partial charge in [-0.25, -0.2) is 4.79 Å². The van der Waals surface area contributed by atoms with Crippen LogP contribution in [0.25, 0.3) is 0 Å². The Kier molecular flexibility index (Phi) is 12.9. The summed E-state index contributed by atoms with van der Waals surface area (Å²) in [5.41, 5.74) is -0.571. The molecule has 2 fully saturated rings. The number of piperidine rings is 1. The van der Waals surface area contributed by atoms with Gasteiger partial charge in [0.1, 0.15) is 11.4 Å². The molecular weight excluding hydrogens is 640 g/mol. The quantitative estimate of drug-likeness (QED) is 0.268. The van der Waals surface area contributed by atoms with Crippen molar-refractivity contribution < 1.29 is 38.1 Å². The van der Waals surface area contributed by atoms with Crippen molar-refractivity contribution in [1.82, 2.24) is 10.2 Å². The lowest BCUT2D eigenvalue weighted by Gasteiger charge is -2.40. The summed E-state index contributed by atoms with van der Waals surface area (Å²) in [6.07, 6.45) is 2.16. The zero-order chi connectivity index (χ0) is 37.0. The highest BCUT2D eigenvalue weighted by Gasteiger charge is 2.45. The predicted molar refractivity (Wildman–Crippen MR) is 192 cm³/mol. The van der Waals surface area contributed by atoms with Crippen LogP contribution in [0.15, 0.2) is 18.2 Å². The molecule has 2 aliphatic heterocycles. The molecule has 1 aliphatic carbocycles. The first-order valence-electron chi connectivity index (χ1n) is 18.4. The van der Waals surface area contributed by atoms with Crippen molar-refractivity contribution in [2.75, 3.05) is 49.3 Å². The highest BCUT2D eigenvalue weighted by Crippen LogP contribution is 2.43. The van der Waals surface area contributed by atoms with E-state index >= 15 is 0 Å². The van der Waals surface area contributed by atoms with Gasteiger partial charge in [-0.1, -0.05) is 13.8 Å². The summed E-state index contributed by atoms with van der Waals surface area (Å²) in [6.45, 7) is 20.8. The Hall–Kier alpha value is -3.38. The molecule has 2 heterocycles. The molecule has 1 N–H and O–H groups in total. The molecule has 12 nitrogen and oxygen atoms in total. The third kappa shape index (κ3) is 10.3. The average molecular weight is 701 g/mol. The fourth-order valence-corrected chi connectivity index (χ4v) is 6.62. The number of rotatable bonds is 14. The molecule has 1 aromatic carbocycles. The Balaban J connectivity index is 1.63. The summed E-state index contributed by atoms with van der Waals surface area (Å²) < 4.78 is 23.3. The number of benzene rings is 1. The normalized spacial score (nSPS) is 21.1. The first-order chi connectivity index (χ1) is 23.4. The van der Waals surface area contributed by atoms with Crippen molar-refractivity contribution in [3.63, 3.8) is 0 Å². The van der Waals surface area contributed by atoms with Crippen LogP contribution in [0.3, 0.4) is 0 Å². The maximum Gasteiger partial charge on any atom is 0.410 e. The van der Waals surface area contributed by atoms with Gasteiger partial charge in [0, 0.05) is 38.0 Å². The van der Waals surface area contributed by atoms with Crippen LogP contribution in [0.4, 0.5) is 16.2 Å². The Labute approximate surface area is 298 Å². The van der Waals surface area contributed by atoms with Crippen LogP contribution in [-0.4, -0.2) is 97.6 Å². The van der Waals surface area contributed by atoms with Gasteiger partial charge in [0.2, 0.25) is 11.8 Å². The number of amides is 4. The maximum absolute atomic E-state index is 14.6. The number of hydrogen-bond acceptors (Lipinski definition) is 8. The van der Waals surface area contributed by atoms with Gasteiger partial charge in [-0.15, -0.1) is 0 Å². The first kappa shape index (κ1) is 39.4. The number of anilines is 2. The second-order valence-corrected chi connectivity index (χ2v) is 16.1. The lowest BCUT2D eigenvalue weighted by Crippen LogP contribution is -2.55. The minimum Gasteiger partial charge on any atom is -0.476 e. The van der Waals surface area contributed by atoms with Gasteiger partial charge in [-0.2, -0.15) is 0 Å². The number of hydrogen-bond donors (Lipinski definition) is 1. The summed E-state index contributed by atoms with van der Waals surface area (Å²) >= 11 is 0. The van der Waals surface area contributed by atoms with Crippen LogP contribution in [-0.2, 0) is 28.6 Å². The van der Waals surface area contributed by atoms with Crippen LogP contribution < -0.4 is 19.9 Å². The van der Waals surface area contributed by atoms with E-state index in [0.717, 1.165) is 19.3 Å². The lowest BCUT2D eigenvalue weighted by atomic mass is 9.87. The highest BCUT2D eigenvalue weighted by atomic mass is 16.6. The molecule has 4 amide bonds. The molecule has 1 saturated heterocycles. The molecule has 3 aliphatic rings. The lowest BCUT2D eigenvalue weighted by molar-refractivity contribution is -0.133. The monoisotopic (exact) mass is 700 g/mol. The second kappa shape index (κ2) is 16.3. The number of carbonyl (C=O) groups excluding carboxylic acids is 4. The standard InChI is InChI=1S/C38H60N4O8/c1-11-47-23-28(18-24(2)3)39-33(43)26-19-27(22-40(21-26)36(46)50-37(6,7)8)34(44)42(29-12-13-29)30-14-15-32-31(20-30)41(16-17-48-25(4)5)35(45)38(9,10)49-32/h14-15,20,24-29H,11-13,16-19,21-23H2,1-10H3,(H,39,43)/t26-,27+,28?/m0/s1. The van der Waals surface area contributed by atoms with Gasteiger partial charge in [0.05, 0.1) is 42.9 Å². The molecule has 1 saturated carbocycles. The van der Waals surface area contributed by atoms with Crippen LogP contribution in [0.2, 0.25) is 0 Å². The summed E-state index contributed by atoms with van der Waals surface area (Å²) in [5.74, 6) is -0.918. The molecule has 0 aromatic heterocycles. The zero-order valence-corrected chi connectivity index (χ0v) is 31.9. The Morgan fingerprint density at radius 2 is 1.76 bits per heavy atom. The van der Waals surface area contributed by atoms with Gasteiger partial charge in [0.15, 0.2) is 5.60 Å². The second-order valence-electron chi connectivity index (χ2n) is 16.1. The van der Waals surface area contributed by atoms with Crippen molar-refractivity contribution in [3.05, 3.63) is 18.2 Å². The average Bonchev–Trinajstić information content (AvgIpc) is 3.85. The minimum atomic E-state index is -1.06. The van der Waals surface area contributed by atoms with Crippen LogP contribution >= 0.6 is 0 Å². The number of nitrogens with zero attached hydrogens (tertiary/aromatic N) is 3. The number of nitrogens with one attached hydrogen (secondary N) is 1. The molecule has 3 atom stereocenters. The summed E-state index contributed by atoms with van der Waals surface area (Å²) in [4.78, 5) is 60.4. The SMILES string of the molecule is CCOCC(CC(C)C)NC(=O)[C@H]1C[C@@H](C(=O)N(c2ccc3c(c2)N(CCOC(C)C)C(=O)C(C)(C)O3)C2CC2)CN(C(=O)OC(C)(C)C)C1. The van der Waals surface area contributed by atoms with Crippen molar-refractivity contribution in [2.45, 2.75) is 124 Å². The third-order valence-electron chi connectivity index (χ3n) is 9.00. The van der Waals surface area contributed by atoms with Gasteiger partial charge in [0.25, 0.3) is 5.91 Å². The van der Waals surface area contributed by atoms with E-state index in [1.807, 2.05) is 39.0 Å². The van der Waals surface area contributed by atoms with E-state index < -0.39 is 29.1 Å². The molecule has 1 unspecified atom stereocenters. The van der Waals surface area contributed by atoms with E-state index in [9.17, 15) is 19.2 Å². The maximum atomic E-state index is 14.6. The minimum absolute atomic E-state index is 0.0142. The van der Waals surface area contributed by atoms with Crippen LogP contribution in [0, 0.1) is 17.8 Å². The van der Waals surface area contributed by atoms with Crippen molar-refractivity contribution >= 4 is 35.2 Å². The summed E-state index contributed by atoms with van der Waals surface area (Å²) in [6, 6.07) is 5.30. The van der Waals surface area contributed by atoms with E-state index in [1.165, 1.54) is 4.90 Å². The summed E-state index contributed by atoms with van der Waals surface area (Å²) in [7, 11) is 0. The van der Waals surface area contributed by atoms with E-state index in [1.54, 1.807) is 44.4 Å². The topological polar surface area (TPSA) is 127 Å². The van der Waals surface area contributed by atoms with Crippen LogP contribution in [0.5, 0.6) is 5.75 Å². The van der Waals surface area contributed by atoms with Crippen molar-refractivity contribution in [3.8, 4) is 5.75 Å². The van der Waals surface area contributed by atoms with Gasteiger partial charge < -0.3 is 39.0 Å². The number of fused-ring (bicyclic) bond motifs is 1. The number of carbonyl (C=O) groups is 4. The number of ether oxygens (including phenoxy) is 4. The molecule has 0 bridgehead atoms. The molecule has 1 aromatic rings. The molecular formula is C38H60N4O8. The molecule has 50 heavy (non-hydrogen) atoms. The summed E-state index contributed by atoms with van der Waals surface area (Å²) in [5, 5.41) is 3.16. The van der Waals surface area contributed by atoms with Gasteiger partial charge in [-0.05, 0) is 105 Å². The smallest absolute Gasteiger partial charge is 0.410 e.